The van der Waals surface area contributed by atoms with Gasteiger partial charge in [0.15, 0.2) is 0 Å². The number of piperidine rings is 1. The molecule has 7 heteroatoms. The number of nitrogens with zero attached hydrogens (tertiary/aromatic N) is 3. The van der Waals surface area contributed by atoms with Crippen molar-refractivity contribution in [3.8, 4) is 0 Å². The summed E-state index contributed by atoms with van der Waals surface area (Å²) < 4.78 is 1.29. The Kier molecular flexibility index (Phi) is 5.83. The molecule has 1 saturated heterocycles. The van der Waals surface area contributed by atoms with E-state index in [-0.39, 0.29) is 30.0 Å². The molecule has 136 valence electrons. The SMILES string of the molecule is O=C(Cn1cnccc1=O)NC1CCN(C(=O)C2CCCCC2)CC1. The molecule has 1 saturated carbocycles. The lowest BCUT2D eigenvalue weighted by Crippen LogP contribution is -2.49. The summed E-state index contributed by atoms with van der Waals surface area (Å²) in [6.07, 6.45) is 9.94. The Balaban J connectivity index is 1.44. The Morgan fingerprint density at radius 1 is 1.12 bits per heavy atom. The van der Waals surface area contributed by atoms with Crippen molar-refractivity contribution >= 4 is 11.8 Å². The van der Waals surface area contributed by atoms with Crippen LogP contribution in [0.1, 0.15) is 44.9 Å². The van der Waals surface area contributed by atoms with Crippen LogP contribution in [-0.2, 0) is 16.1 Å². The van der Waals surface area contributed by atoms with Gasteiger partial charge in [-0.05, 0) is 25.7 Å². The molecule has 1 aliphatic carbocycles. The predicted molar refractivity (Wildman–Crippen MR) is 92.8 cm³/mol. The summed E-state index contributed by atoms with van der Waals surface area (Å²) in [6, 6.07) is 1.40. The summed E-state index contributed by atoms with van der Waals surface area (Å²) >= 11 is 0. The zero-order chi connectivity index (χ0) is 17.6. The van der Waals surface area contributed by atoms with Gasteiger partial charge in [-0.1, -0.05) is 19.3 Å². The van der Waals surface area contributed by atoms with Gasteiger partial charge in [-0.15, -0.1) is 0 Å². The van der Waals surface area contributed by atoms with Gasteiger partial charge in [0.25, 0.3) is 5.56 Å². The second-order valence-electron chi connectivity index (χ2n) is 7.05. The van der Waals surface area contributed by atoms with E-state index in [4.69, 9.17) is 0 Å². The van der Waals surface area contributed by atoms with Crippen LogP contribution in [0.2, 0.25) is 0 Å². The third kappa shape index (κ3) is 4.67. The number of likely N-dealkylation sites (tertiary alicyclic amines) is 1. The van der Waals surface area contributed by atoms with Crippen LogP contribution in [0.15, 0.2) is 23.4 Å². The first kappa shape index (κ1) is 17.6. The fraction of sp³-hybridized carbons (Fsp3) is 0.667. The van der Waals surface area contributed by atoms with E-state index < -0.39 is 0 Å². The summed E-state index contributed by atoms with van der Waals surface area (Å²) in [4.78, 5) is 42.1. The summed E-state index contributed by atoms with van der Waals surface area (Å²) in [7, 11) is 0. The van der Waals surface area contributed by atoms with Crippen molar-refractivity contribution in [2.45, 2.75) is 57.5 Å². The molecule has 0 atom stereocenters. The molecule has 1 aromatic heterocycles. The van der Waals surface area contributed by atoms with Crippen LogP contribution in [0.25, 0.3) is 0 Å². The van der Waals surface area contributed by atoms with E-state index in [0.717, 1.165) is 38.5 Å². The van der Waals surface area contributed by atoms with Crippen LogP contribution in [0, 0.1) is 5.92 Å². The monoisotopic (exact) mass is 346 g/mol. The number of amides is 2. The molecule has 2 fully saturated rings. The maximum absolute atomic E-state index is 12.6. The van der Waals surface area contributed by atoms with Gasteiger partial charge in [0.1, 0.15) is 6.54 Å². The second kappa shape index (κ2) is 8.27. The highest BCUT2D eigenvalue weighted by Gasteiger charge is 2.29. The molecular weight excluding hydrogens is 320 g/mol. The molecule has 0 aromatic carbocycles. The van der Waals surface area contributed by atoms with Crippen LogP contribution in [0.3, 0.4) is 0 Å². The van der Waals surface area contributed by atoms with Crippen molar-refractivity contribution in [2.75, 3.05) is 13.1 Å². The number of rotatable bonds is 4. The van der Waals surface area contributed by atoms with E-state index in [2.05, 4.69) is 10.3 Å². The lowest BCUT2D eigenvalue weighted by molar-refractivity contribution is -0.137. The van der Waals surface area contributed by atoms with Crippen LogP contribution >= 0.6 is 0 Å². The highest BCUT2D eigenvalue weighted by atomic mass is 16.2. The topological polar surface area (TPSA) is 84.3 Å². The van der Waals surface area contributed by atoms with E-state index >= 15 is 0 Å². The molecule has 2 heterocycles. The molecule has 0 radical (unpaired) electrons. The van der Waals surface area contributed by atoms with E-state index in [1.807, 2.05) is 4.90 Å². The minimum Gasteiger partial charge on any atom is -0.352 e. The summed E-state index contributed by atoms with van der Waals surface area (Å²) in [5.74, 6) is 0.316. The first-order valence-electron chi connectivity index (χ1n) is 9.22. The van der Waals surface area contributed by atoms with Gasteiger partial charge in [-0.3, -0.25) is 19.0 Å². The largest absolute Gasteiger partial charge is 0.352 e. The zero-order valence-electron chi connectivity index (χ0n) is 14.5. The third-order valence-corrected chi connectivity index (χ3v) is 5.23. The van der Waals surface area contributed by atoms with Crippen molar-refractivity contribution in [3.05, 3.63) is 28.9 Å². The van der Waals surface area contributed by atoms with Crippen molar-refractivity contribution in [1.29, 1.82) is 0 Å². The molecule has 2 aliphatic rings. The highest BCUT2D eigenvalue weighted by Crippen LogP contribution is 2.26. The fourth-order valence-electron chi connectivity index (χ4n) is 3.78. The maximum atomic E-state index is 12.6. The Labute approximate surface area is 147 Å². The van der Waals surface area contributed by atoms with Crippen LogP contribution in [-0.4, -0.2) is 45.4 Å². The maximum Gasteiger partial charge on any atom is 0.253 e. The van der Waals surface area contributed by atoms with Crippen LogP contribution in [0.4, 0.5) is 0 Å². The third-order valence-electron chi connectivity index (χ3n) is 5.23. The van der Waals surface area contributed by atoms with E-state index in [1.165, 1.54) is 29.6 Å². The first-order chi connectivity index (χ1) is 12.1. The normalized spacial score (nSPS) is 19.6. The van der Waals surface area contributed by atoms with Crippen LogP contribution < -0.4 is 10.9 Å². The summed E-state index contributed by atoms with van der Waals surface area (Å²) in [6.45, 7) is 1.38. The van der Waals surface area contributed by atoms with Gasteiger partial charge < -0.3 is 10.2 Å². The Hall–Kier alpha value is -2.18. The van der Waals surface area contributed by atoms with Gasteiger partial charge in [-0.2, -0.15) is 0 Å². The predicted octanol–water partition coefficient (Wildman–Crippen LogP) is 0.931. The number of aromatic nitrogens is 2. The molecule has 1 aliphatic heterocycles. The smallest absolute Gasteiger partial charge is 0.253 e. The van der Waals surface area contributed by atoms with Gasteiger partial charge in [0, 0.05) is 37.3 Å². The molecular formula is C18H26N4O3. The van der Waals surface area contributed by atoms with E-state index in [9.17, 15) is 14.4 Å². The number of hydrogen-bond acceptors (Lipinski definition) is 4. The quantitative estimate of drug-likeness (QED) is 0.879. The first-order valence-corrected chi connectivity index (χ1v) is 9.22. The fourth-order valence-corrected chi connectivity index (χ4v) is 3.78. The summed E-state index contributed by atoms with van der Waals surface area (Å²) in [5, 5.41) is 2.97. The molecule has 1 aromatic rings. The van der Waals surface area contributed by atoms with Crippen molar-refractivity contribution in [3.63, 3.8) is 0 Å². The molecule has 7 nitrogen and oxygen atoms in total. The van der Waals surface area contributed by atoms with Gasteiger partial charge in [0.05, 0.1) is 6.33 Å². The number of carbonyl (C=O) groups is 2. The van der Waals surface area contributed by atoms with Gasteiger partial charge in [-0.25, -0.2) is 4.98 Å². The number of nitrogens with one attached hydrogen (secondary N) is 1. The zero-order valence-corrected chi connectivity index (χ0v) is 14.5. The lowest BCUT2D eigenvalue weighted by Gasteiger charge is -2.35. The highest BCUT2D eigenvalue weighted by molar-refractivity contribution is 5.79. The van der Waals surface area contributed by atoms with Crippen molar-refractivity contribution < 1.29 is 9.59 Å². The second-order valence-corrected chi connectivity index (χ2v) is 7.05. The molecule has 2 amide bonds. The molecule has 0 spiro atoms. The Morgan fingerprint density at radius 3 is 2.52 bits per heavy atom. The molecule has 3 rings (SSSR count). The standard InChI is InChI=1S/C18H26N4O3/c23-16(12-22-13-19-9-6-17(22)24)20-15-7-10-21(11-8-15)18(25)14-4-2-1-3-5-14/h6,9,13-15H,1-5,7-8,10-12H2,(H,20,23). The molecule has 0 unspecified atom stereocenters. The van der Waals surface area contributed by atoms with Gasteiger partial charge >= 0.3 is 0 Å². The Morgan fingerprint density at radius 2 is 1.84 bits per heavy atom. The van der Waals surface area contributed by atoms with E-state index in [0.29, 0.717) is 19.0 Å². The Bertz CT molecular complexity index is 658. The lowest BCUT2D eigenvalue weighted by atomic mass is 9.87. The van der Waals surface area contributed by atoms with Crippen molar-refractivity contribution in [1.82, 2.24) is 19.8 Å². The summed E-state index contributed by atoms with van der Waals surface area (Å²) in [5.41, 5.74) is -0.238. The molecule has 1 N–H and O–H groups in total. The average molecular weight is 346 g/mol. The number of hydrogen-bond donors (Lipinski definition) is 1. The minimum absolute atomic E-state index is 0.0199. The average Bonchev–Trinajstić information content (AvgIpc) is 2.64. The molecule has 0 bridgehead atoms. The van der Waals surface area contributed by atoms with Gasteiger partial charge in [0.2, 0.25) is 11.8 Å². The molecule has 25 heavy (non-hydrogen) atoms. The van der Waals surface area contributed by atoms with Crippen molar-refractivity contribution in [2.24, 2.45) is 5.92 Å². The minimum atomic E-state index is -0.238. The number of carbonyl (C=O) groups excluding carboxylic acids is 2. The van der Waals surface area contributed by atoms with E-state index in [1.54, 1.807) is 0 Å². The van der Waals surface area contributed by atoms with Crippen LogP contribution in [0.5, 0.6) is 0 Å².